The Kier molecular flexibility index (Phi) is 4.97. The third-order valence-electron chi connectivity index (χ3n) is 4.70. The summed E-state index contributed by atoms with van der Waals surface area (Å²) < 4.78 is 6.18. The van der Waals surface area contributed by atoms with Crippen LogP contribution in [0.2, 0.25) is 0 Å². The highest BCUT2D eigenvalue weighted by Crippen LogP contribution is 2.28. The molecule has 5 heteroatoms. The molecule has 0 bridgehead atoms. The monoisotopic (exact) mass is 331 g/mol. The maximum Gasteiger partial charge on any atom is 0.134 e. The van der Waals surface area contributed by atoms with Crippen LogP contribution in [0.4, 0.5) is 0 Å². The minimum atomic E-state index is 0.316. The number of aromatic nitrogens is 2. The van der Waals surface area contributed by atoms with Crippen molar-refractivity contribution in [2.24, 2.45) is 0 Å². The van der Waals surface area contributed by atoms with E-state index in [1.54, 1.807) is 11.3 Å². The van der Waals surface area contributed by atoms with E-state index in [4.69, 9.17) is 4.74 Å². The molecular weight excluding hydrogens is 306 g/mol. The fourth-order valence-electron chi connectivity index (χ4n) is 3.00. The fraction of sp³-hybridized carbons (Fsp3) is 0.556. The van der Waals surface area contributed by atoms with Crippen molar-refractivity contribution in [1.29, 1.82) is 0 Å². The number of ether oxygens (including phenoxy) is 1. The van der Waals surface area contributed by atoms with Crippen LogP contribution >= 0.6 is 11.3 Å². The first-order valence-corrected chi connectivity index (χ1v) is 9.12. The van der Waals surface area contributed by atoms with Gasteiger partial charge in [0.05, 0.1) is 6.04 Å². The molecule has 1 unspecified atom stereocenters. The van der Waals surface area contributed by atoms with E-state index in [0.29, 0.717) is 12.1 Å². The highest BCUT2D eigenvalue weighted by Gasteiger charge is 2.26. The molecule has 1 atom stereocenters. The third kappa shape index (κ3) is 3.90. The molecule has 3 rings (SSSR count). The first-order valence-electron chi connectivity index (χ1n) is 8.31. The minimum absolute atomic E-state index is 0.316. The number of piperidine rings is 1. The number of hydrogen-bond donors (Lipinski definition) is 0. The van der Waals surface area contributed by atoms with Gasteiger partial charge in [-0.1, -0.05) is 6.07 Å². The van der Waals surface area contributed by atoms with Gasteiger partial charge in [0.2, 0.25) is 0 Å². The van der Waals surface area contributed by atoms with Crippen molar-refractivity contribution < 1.29 is 4.74 Å². The van der Waals surface area contributed by atoms with E-state index in [2.05, 4.69) is 54.1 Å². The van der Waals surface area contributed by atoms with Gasteiger partial charge < -0.3 is 4.74 Å². The first kappa shape index (κ1) is 16.4. The van der Waals surface area contributed by atoms with E-state index in [0.717, 1.165) is 41.7 Å². The van der Waals surface area contributed by atoms with Gasteiger partial charge in [0.25, 0.3) is 0 Å². The normalized spacial score (nSPS) is 18.1. The van der Waals surface area contributed by atoms with Crippen molar-refractivity contribution >= 4 is 11.3 Å². The molecule has 1 aromatic carbocycles. The molecule has 124 valence electrons. The second kappa shape index (κ2) is 6.97. The van der Waals surface area contributed by atoms with Crippen molar-refractivity contribution in [3.8, 4) is 5.75 Å². The lowest BCUT2D eigenvalue weighted by Gasteiger charge is -2.35. The van der Waals surface area contributed by atoms with Gasteiger partial charge in [-0.25, -0.2) is 0 Å². The largest absolute Gasteiger partial charge is 0.490 e. The van der Waals surface area contributed by atoms with Crippen LogP contribution in [-0.2, 0) is 0 Å². The quantitative estimate of drug-likeness (QED) is 0.846. The van der Waals surface area contributed by atoms with E-state index in [1.165, 1.54) is 11.1 Å². The second-order valence-corrected chi connectivity index (χ2v) is 7.65. The Morgan fingerprint density at radius 2 is 1.87 bits per heavy atom. The molecule has 23 heavy (non-hydrogen) atoms. The first-order chi connectivity index (χ1) is 11.0. The molecule has 2 heterocycles. The third-order valence-corrected chi connectivity index (χ3v) is 5.71. The molecule has 1 aromatic heterocycles. The number of benzene rings is 1. The van der Waals surface area contributed by atoms with Crippen LogP contribution in [0.1, 0.15) is 46.9 Å². The van der Waals surface area contributed by atoms with Gasteiger partial charge in [-0.05, 0) is 63.8 Å². The van der Waals surface area contributed by atoms with E-state index < -0.39 is 0 Å². The topological polar surface area (TPSA) is 38.2 Å². The summed E-state index contributed by atoms with van der Waals surface area (Å²) >= 11 is 1.70. The van der Waals surface area contributed by atoms with Crippen LogP contribution < -0.4 is 4.74 Å². The van der Waals surface area contributed by atoms with Gasteiger partial charge in [-0.2, -0.15) is 0 Å². The SMILES string of the molecule is Cc1nnc(C(C)N2CCC(Oc3ccc(C)c(C)c3)CC2)s1. The number of likely N-dealkylation sites (tertiary alicyclic amines) is 1. The van der Waals surface area contributed by atoms with Crippen LogP contribution in [0.5, 0.6) is 5.75 Å². The van der Waals surface area contributed by atoms with Crippen LogP contribution in [0.3, 0.4) is 0 Å². The van der Waals surface area contributed by atoms with Crippen molar-refractivity contribution in [2.75, 3.05) is 13.1 Å². The molecule has 0 aliphatic carbocycles. The maximum atomic E-state index is 6.18. The van der Waals surface area contributed by atoms with Gasteiger partial charge in [-0.15, -0.1) is 21.5 Å². The van der Waals surface area contributed by atoms with Crippen LogP contribution in [0, 0.1) is 20.8 Å². The summed E-state index contributed by atoms with van der Waals surface area (Å²) in [6, 6.07) is 6.72. The van der Waals surface area contributed by atoms with E-state index in [9.17, 15) is 0 Å². The Balaban J connectivity index is 1.54. The lowest BCUT2D eigenvalue weighted by atomic mass is 10.1. The van der Waals surface area contributed by atoms with Gasteiger partial charge in [0.1, 0.15) is 21.9 Å². The molecule has 0 N–H and O–H groups in total. The summed E-state index contributed by atoms with van der Waals surface area (Å²) in [6.07, 6.45) is 2.45. The average Bonchev–Trinajstić information content (AvgIpc) is 2.97. The number of rotatable bonds is 4. The van der Waals surface area contributed by atoms with Crippen molar-refractivity contribution in [3.63, 3.8) is 0 Å². The second-order valence-electron chi connectivity index (χ2n) is 6.43. The van der Waals surface area contributed by atoms with Crippen molar-refractivity contribution in [2.45, 2.75) is 52.7 Å². The zero-order valence-electron chi connectivity index (χ0n) is 14.4. The predicted molar refractivity (Wildman–Crippen MR) is 94.2 cm³/mol. The Morgan fingerprint density at radius 3 is 2.48 bits per heavy atom. The highest BCUT2D eigenvalue weighted by atomic mass is 32.1. The van der Waals surface area contributed by atoms with Crippen LogP contribution in [0.25, 0.3) is 0 Å². The molecular formula is C18H25N3OS. The number of hydrogen-bond acceptors (Lipinski definition) is 5. The van der Waals surface area contributed by atoms with E-state index in [-0.39, 0.29) is 0 Å². The Morgan fingerprint density at radius 1 is 1.13 bits per heavy atom. The molecule has 1 aliphatic heterocycles. The van der Waals surface area contributed by atoms with Gasteiger partial charge in [0, 0.05) is 13.1 Å². The smallest absolute Gasteiger partial charge is 0.134 e. The van der Waals surface area contributed by atoms with Crippen LogP contribution in [-0.4, -0.2) is 34.3 Å². The van der Waals surface area contributed by atoms with Crippen LogP contribution in [0.15, 0.2) is 18.2 Å². The minimum Gasteiger partial charge on any atom is -0.490 e. The Bertz CT molecular complexity index is 662. The molecule has 0 saturated carbocycles. The van der Waals surface area contributed by atoms with E-state index in [1.807, 2.05) is 6.92 Å². The molecule has 4 nitrogen and oxygen atoms in total. The summed E-state index contributed by atoms with van der Waals surface area (Å²) in [7, 11) is 0. The zero-order valence-corrected chi connectivity index (χ0v) is 15.2. The molecule has 0 spiro atoms. The summed E-state index contributed by atoms with van der Waals surface area (Å²) in [5.74, 6) is 0.999. The maximum absolute atomic E-state index is 6.18. The Hall–Kier alpha value is -1.46. The summed E-state index contributed by atoms with van der Waals surface area (Å²) in [6.45, 7) is 10.6. The van der Waals surface area contributed by atoms with Gasteiger partial charge in [0.15, 0.2) is 0 Å². The standard InChI is InChI=1S/C18H25N3OS/c1-12-5-6-17(11-13(12)2)22-16-7-9-21(10-8-16)14(3)18-20-19-15(4)23-18/h5-6,11,14,16H,7-10H2,1-4H3. The number of aryl methyl sites for hydroxylation is 3. The zero-order chi connectivity index (χ0) is 16.4. The molecule has 1 fully saturated rings. The predicted octanol–water partition coefficient (Wildman–Crippen LogP) is 4.07. The highest BCUT2D eigenvalue weighted by molar-refractivity contribution is 7.11. The lowest BCUT2D eigenvalue weighted by molar-refractivity contribution is 0.0794. The fourth-order valence-corrected chi connectivity index (χ4v) is 3.78. The summed E-state index contributed by atoms with van der Waals surface area (Å²) in [4.78, 5) is 2.49. The van der Waals surface area contributed by atoms with Gasteiger partial charge >= 0.3 is 0 Å². The molecule has 0 amide bonds. The van der Waals surface area contributed by atoms with E-state index >= 15 is 0 Å². The average molecular weight is 331 g/mol. The summed E-state index contributed by atoms with van der Waals surface area (Å²) in [5, 5.41) is 10.6. The molecule has 0 radical (unpaired) electrons. The Labute approximate surface area is 142 Å². The molecule has 1 aliphatic rings. The molecule has 1 saturated heterocycles. The van der Waals surface area contributed by atoms with Crippen molar-refractivity contribution in [1.82, 2.24) is 15.1 Å². The molecule has 2 aromatic rings. The number of nitrogens with zero attached hydrogens (tertiary/aromatic N) is 3. The van der Waals surface area contributed by atoms with Gasteiger partial charge in [-0.3, -0.25) is 4.90 Å². The summed E-state index contributed by atoms with van der Waals surface area (Å²) in [5.41, 5.74) is 2.61. The lowest BCUT2D eigenvalue weighted by Crippen LogP contribution is -2.39. The van der Waals surface area contributed by atoms with Crippen molar-refractivity contribution in [3.05, 3.63) is 39.3 Å².